The molecule has 0 aliphatic carbocycles. The van der Waals surface area contributed by atoms with Crippen LogP contribution in [0.15, 0.2) is 53.0 Å². The Kier molecular flexibility index (Phi) is 6.31. The first-order chi connectivity index (χ1) is 12.8. The highest BCUT2D eigenvalue weighted by Gasteiger charge is 2.23. The Balaban J connectivity index is 1.60. The zero-order valence-electron chi connectivity index (χ0n) is 15.1. The van der Waals surface area contributed by atoms with Gasteiger partial charge in [0, 0.05) is 48.4 Å². The molecule has 27 heavy (non-hydrogen) atoms. The van der Waals surface area contributed by atoms with Crippen molar-refractivity contribution in [2.45, 2.75) is 6.54 Å². The van der Waals surface area contributed by atoms with E-state index in [9.17, 15) is 13.2 Å². The molecule has 3 rings (SSSR count). The molecule has 1 heterocycles. The number of hydrogen-bond acceptors (Lipinski definition) is 4. The largest absolute Gasteiger partial charge is 0.322 e. The molecule has 1 saturated heterocycles. The van der Waals surface area contributed by atoms with Gasteiger partial charge in [0.25, 0.3) is 5.91 Å². The van der Waals surface area contributed by atoms with Gasteiger partial charge in [-0.3, -0.25) is 9.69 Å². The zero-order chi connectivity index (χ0) is 19.4. The first-order valence-electron chi connectivity index (χ1n) is 8.64. The van der Waals surface area contributed by atoms with Crippen LogP contribution in [0.1, 0.15) is 15.9 Å². The van der Waals surface area contributed by atoms with Crippen LogP contribution in [0.2, 0.25) is 0 Å². The Morgan fingerprint density at radius 2 is 1.74 bits per heavy atom. The van der Waals surface area contributed by atoms with Crippen molar-refractivity contribution < 1.29 is 13.2 Å². The maximum absolute atomic E-state index is 12.5. The number of nitrogens with zero attached hydrogens (tertiary/aromatic N) is 2. The zero-order valence-corrected chi connectivity index (χ0v) is 17.5. The molecule has 8 heteroatoms. The SMILES string of the molecule is CS(=O)(=O)N1CCN(Cc2cccc(C(=O)Nc3ccc(Br)cc3)c2)CC1. The van der Waals surface area contributed by atoms with Gasteiger partial charge in [0.05, 0.1) is 6.26 Å². The second-order valence-corrected chi connectivity index (χ2v) is 9.50. The van der Waals surface area contributed by atoms with E-state index in [1.165, 1.54) is 10.6 Å². The van der Waals surface area contributed by atoms with Gasteiger partial charge < -0.3 is 5.32 Å². The van der Waals surface area contributed by atoms with E-state index < -0.39 is 10.0 Å². The van der Waals surface area contributed by atoms with E-state index in [1.807, 2.05) is 42.5 Å². The van der Waals surface area contributed by atoms with Gasteiger partial charge in [-0.15, -0.1) is 0 Å². The fourth-order valence-electron chi connectivity index (χ4n) is 3.02. The van der Waals surface area contributed by atoms with Crippen molar-refractivity contribution in [2.24, 2.45) is 0 Å². The molecule has 0 unspecified atom stereocenters. The van der Waals surface area contributed by atoms with Gasteiger partial charge in [0.1, 0.15) is 0 Å². The number of benzene rings is 2. The fraction of sp³-hybridized carbons (Fsp3) is 0.316. The van der Waals surface area contributed by atoms with E-state index in [0.717, 1.165) is 15.7 Å². The molecular formula is C19H22BrN3O3S. The second kappa shape index (κ2) is 8.52. The van der Waals surface area contributed by atoms with Gasteiger partial charge in [-0.1, -0.05) is 28.1 Å². The standard InChI is InChI=1S/C19H22BrN3O3S/c1-27(25,26)23-11-9-22(10-12-23)14-15-3-2-4-16(13-15)19(24)21-18-7-5-17(20)6-8-18/h2-8,13H,9-12,14H2,1H3,(H,21,24). The summed E-state index contributed by atoms with van der Waals surface area (Å²) in [4.78, 5) is 14.7. The Labute approximate surface area is 168 Å². The summed E-state index contributed by atoms with van der Waals surface area (Å²) in [6.07, 6.45) is 1.25. The maximum Gasteiger partial charge on any atom is 0.255 e. The minimum absolute atomic E-state index is 0.152. The fourth-order valence-corrected chi connectivity index (χ4v) is 4.12. The van der Waals surface area contributed by atoms with Crippen LogP contribution in [-0.2, 0) is 16.6 Å². The predicted molar refractivity (Wildman–Crippen MR) is 110 cm³/mol. The van der Waals surface area contributed by atoms with Crippen LogP contribution in [0.5, 0.6) is 0 Å². The molecule has 1 N–H and O–H groups in total. The summed E-state index contributed by atoms with van der Waals surface area (Å²) in [6.45, 7) is 3.06. The quantitative estimate of drug-likeness (QED) is 0.758. The lowest BCUT2D eigenvalue weighted by Gasteiger charge is -2.33. The van der Waals surface area contributed by atoms with Gasteiger partial charge in [-0.05, 0) is 42.0 Å². The molecule has 0 saturated carbocycles. The van der Waals surface area contributed by atoms with Crippen LogP contribution in [0.25, 0.3) is 0 Å². The Hall–Kier alpha value is -1.74. The highest BCUT2D eigenvalue weighted by Crippen LogP contribution is 2.16. The lowest BCUT2D eigenvalue weighted by molar-refractivity contribution is 0.102. The Morgan fingerprint density at radius 3 is 2.37 bits per heavy atom. The molecule has 2 aromatic carbocycles. The molecular weight excluding hydrogens is 430 g/mol. The molecule has 0 atom stereocenters. The summed E-state index contributed by atoms with van der Waals surface area (Å²) in [5.74, 6) is -0.152. The first kappa shape index (κ1) is 20.0. The van der Waals surface area contributed by atoms with Crippen molar-refractivity contribution in [3.05, 3.63) is 64.1 Å². The summed E-state index contributed by atoms with van der Waals surface area (Å²) in [6, 6.07) is 15.0. The van der Waals surface area contributed by atoms with Crippen molar-refractivity contribution in [1.82, 2.24) is 9.21 Å². The van der Waals surface area contributed by atoms with Crippen LogP contribution >= 0.6 is 15.9 Å². The topological polar surface area (TPSA) is 69.7 Å². The van der Waals surface area contributed by atoms with E-state index in [4.69, 9.17) is 0 Å². The summed E-state index contributed by atoms with van der Waals surface area (Å²) in [5, 5.41) is 2.89. The molecule has 1 aliphatic rings. The Morgan fingerprint density at radius 1 is 1.07 bits per heavy atom. The monoisotopic (exact) mass is 451 g/mol. The number of amides is 1. The minimum atomic E-state index is -3.12. The van der Waals surface area contributed by atoms with Gasteiger partial charge >= 0.3 is 0 Å². The van der Waals surface area contributed by atoms with Crippen molar-refractivity contribution >= 4 is 37.5 Å². The molecule has 0 spiro atoms. The number of sulfonamides is 1. The lowest BCUT2D eigenvalue weighted by Crippen LogP contribution is -2.47. The molecule has 0 radical (unpaired) electrons. The molecule has 2 aromatic rings. The molecule has 6 nitrogen and oxygen atoms in total. The number of hydrogen-bond donors (Lipinski definition) is 1. The summed E-state index contributed by atoms with van der Waals surface area (Å²) in [5.41, 5.74) is 2.38. The molecule has 144 valence electrons. The van der Waals surface area contributed by atoms with Crippen LogP contribution in [0.4, 0.5) is 5.69 Å². The van der Waals surface area contributed by atoms with E-state index in [2.05, 4.69) is 26.1 Å². The number of rotatable bonds is 5. The molecule has 0 bridgehead atoms. The highest BCUT2D eigenvalue weighted by atomic mass is 79.9. The van der Waals surface area contributed by atoms with Crippen molar-refractivity contribution in [1.29, 1.82) is 0 Å². The van der Waals surface area contributed by atoms with Crippen LogP contribution < -0.4 is 5.32 Å². The second-order valence-electron chi connectivity index (χ2n) is 6.60. The first-order valence-corrected chi connectivity index (χ1v) is 11.3. The molecule has 0 aromatic heterocycles. The average Bonchev–Trinajstić information content (AvgIpc) is 2.63. The van der Waals surface area contributed by atoms with E-state index in [-0.39, 0.29) is 5.91 Å². The number of halogens is 1. The van der Waals surface area contributed by atoms with E-state index in [0.29, 0.717) is 38.3 Å². The van der Waals surface area contributed by atoms with E-state index in [1.54, 1.807) is 6.07 Å². The van der Waals surface area contributed by atoms with Crippen molar-refractivity contribution in [3.63, 3.8) is 0 Å². The molecule has 1 fully saturated rings. The van der Waals surface area contributed by atoms with Gasteiger partial charge in [-0.2, -0.15) is 4.31 Å². The molecule has 1 amide bonds. The summed E-state index contributed by atoms with van der Waals surface area (Å²) >= 11 is 3.37. The van der Waals surface area contributed by atoms with Crippen LogP contribution in [-0.4, -0.2) is 56.0 Å². The minimum Gasteiger partial charge on any atom is -0.322 e. The van der Waals surface area contributed by atoms with Crippen molar-refractivity contribution in [3.8, 4) is 0 Å². The third kappa shape index (κ3) is 5.62. The molecule has 1 aliphatic heterocycles. The Bertz CT molecular complexity index is 908. The van der Waals surface area contributed by atoms with Crippen LogP contribution in [0.3, 0.4) is 0 Å². The van der Waals surface area contributed by atoms with E-state index >= 15 is 0 Å². The summed E-state index contributed by atoms with van der Waals surface area (Å²) in [7, 11) is -3.12. The average molecular weight is 452 g/mol. The van der Waals surface area contributed by atoms with Crippen LogP contribution in [0, 0.1) is 0 Å². The third-order valence-electron chi connectivity index (χ3n) is 4.50. The number of nitrogens with one attached hydrogen (secondary N) is 1. The predicted octanol–water partition coefficient (Wildman–Crippen LogP) is 2.78. The maximum atomic E-state index is 12.5. The highest BCUT2D eigenvalue weighted by molar-refractivity contribution is 9.10. The number of carbonyl (C=O) groups is 1. The third-order valence-corrected chi connectivity index (χ3v) is 6.33. The van der Waals surface area contributed by atoms with Gasteiger partial charge in [0.2, 0.25) is 10.0 Å². The lowest BCUT2D eigenvalue weighted by atomic mass is 10.1. The smallest absolute Gasteiger partial charge is 0.255 e. The van der Waals surface area contributed by atoms with Crippen molar-refractivity contribution in [2.75, 3.05) is 37.8 Å². The summed E-state index contributed by atoms with van der Waals surface area (Å²) < 4.78 is 25.7. The van der Waals surface area contributed by atoms with Gasteiger partial charge in [-0.25, -0.2) is 8.42 Å². The number of carbonyl (C=O) groups excluding carboxylic acids is 1. The number of piperazine rings is 1. The number of anilines is 1. The normalized spacial score (nSPS) is 16.2. The van der Waals surface area contributed by atoms with Gasteiger partial charge in [0.15, 0.2) is 0 Å².